The highest BCUT2D eigenvalue weighted by Gasteiger charge is 2.12. The van der Waals surface area contributed by atoms with Gasteiger partial charge >= 0.3 is 0 Å². The van der Waals surface area contributed by atoms with Gasteiger partial charge in [-0.15, -0.1) is 0 Å². The minimum atomic E-state index is 0.260. The standard InChI is InChI=1S/C19H20N2O4/c1-3-24-16-10-9-15(11-17(16)22-2)19-20-18(25-21-19)13-23-12-14-7-5-4-6-8-14/h4-11H,3,12-13H2,1-2H3. The predicted molar refractivity (Wildman–Crippen MR) is 92.4 cm³/mol. The largest absolute Gasteiger partial charge is 0.493 e. The summed E-state index contributed by atoms with van der Waals surface area (Å²) in [7, 11) is 1.60. The maximum Gasteiger partial charge on any atom is 0.252 e. The van der Waals surface area contributed by atoms with Crippen LogP contribution in [0.25, 0.3) is 11.4 Å². The van der Waals surface area contributed by atoms with Crippen LogP contribution in [0.1, 0.15) is 18.4 Å². The molecule has 25 heavy (non-hydrogen) atoms. The second kappa shape index (κ2) is 8.30. The number of hydrogen-bond donors (Lipinski definition) is 0. The molecular weight excluding hydrogens is 320 g/mol. The average molecular weight is 340 g/mol. The van der Waals surface area contributed by atoms with Crippen molar-refractivity contribution in [1.29, 1.82) is 0 Å². The van der Waals surface area contributed by atoms with Crippen LogP contribution in [0.4, 0.5) is 0 Å². The molecule has 3 rings (SSSR count). The molecule has 3 aromatic rings. The highest BCUT2D eigenvalue weighted by molar-refractivity contribution is 5.60. The van der Waals surface area contributed by atoms with E-state index in [0.29, 0.717) is 36.4 Å². The van der Waals surface area contributed by atoms with E-state index in [1.54, 1.807) is 7.11 Å². The molecule has 1 aromatic heterocycles. The molecule has 0 saturated carbocycles. The predicted octanol–water partition coefficient (Wildman–Crippen LogP) is 3.86. The van der Waals surface area contributed by atoms with Crippen molar-refractivity contribution < 1.29 is 18.7 Å². The summed E-state index contributed by atoms with van der Waals surface area (Å²) in [6, 6.07) is 15.5. The Kier molecular flexibility index (Phi) is 5.64. The third-order valence-corrected chi connectivity index (χ3v) is 3.53. The Bertz CT molecular complexity index is 802. The first-order valence-electron chi connectivity index (χ1n) is 8.05. The summed E-state index contributed by atoms with van der Waals surface area (Å²) in [5, 5.41) is 4.00. The number of benzene rings is 2. The van der Waals surface area contributed by atoms with Crippen molar-refractivity contribution in [3.63, 3.8) is 0 Å². The summed E-state index contributed by atoms with van der Waals surface area (Å²) < 4.78 is 21.7. The molecule has 0 aliphatic heterocycles. The van der Waals surface area contributed by atoms with E-state index >= 15 is 0 Å². The van der Waals surface area contributed by atoms with Gasteiger partial charge < -0.3 is 18.7 Å². The van der Waals surface area contributed by atoms with Gasteiger partial charge in [0, 0.05) is 5.56 Å². The molecule has 6 nitrogen and oxygen atoms in total. The zero-order chi connectivity index (χ0) is 17.5. The van der Waals surface area contributed by atoms with Gasteiger partial charge in [0.1, 0.15) is 6.61 Å². The van der Waals surface area contributed by atoms with E-state index < -0.39 is 0 Å². The minimum Gasteiger partial charge on any atom is -0.493 e. The van der Waals surface area contributed by atoms with E-state index in [9.17, 15) is 0 Å². The van der Waals surface area contributed by atoms with Crippen LogP contribution >= 0.6 is 0 Å². The van der Waals surface area contributed by atoms with E-state index in [4.69, 9.17) is 18.7 Å². The molecule has 0 unspecified atom stereocenters. The number of ether oxygens (including phenoxy) is 3. The van der Waals surface area contributed by atoms with Crippen molar-refractivity contribution in [2.24, 2.45) is 0 Å². The molecule has 0 amide bonds. The molecular formula is C19H20N2O4. The summed E-state index contributed by atoms with van der Waals surface area (Å²) in [5.41, 5.74) is 1.89. The van der Waals surface area contributed by atoms with Crippen LogP contribution in [0.15, 0.2) is 53.1 Å². The lowest BCUT2D eigenvalue weighted by Gasteiger charge is -2.09. The Morgan fingerprint density at radius 3 is 2.60 bits per heavy atom. The van der Waals surface area contributed by atoms with Crippen molar-refractivity contribution in [1.82, 2.24) is 10.1 Å². The second-order valence-corrected chi connectivity index (χ2v) is 5.29. The molecule has 0 aliphatic carbocycles. The Labute approximate surface area is 146 Å². The molecule has 0 N–H and O–H groups in total. The lowest BCUT2D eigenvalue weighted by atomic mass is 10.2. The van der Waals surface area contributed by atoms with Gasteiger partial charge in [0.25, 0.3) is 5.89 Å². The van der Waals surface area contributed by atoms with Crippen LogP contribution in [0, 0.1) is 0 Å². The van der Waals surface area contributed by atoms with Crippen LogP contribution < -0.4 is 9.47 Å². The summed E-state index contributed by atoms with van der Waals surface area (Å²) >= 11 is 0. The minimum absolute atomic E-state index is 0.260. The number of hydrogen-bond acceptors (Lipinski definition) is 6. The third-order valence-electron chi connectivity index (χ3n) is 3.53. The topological polar surface area (TPSA) is 66.6 Å². The Balaban J connectivity index is 1.64. The summed E-state index contributed by atoms with van der Waals surface area (Å²) in [4.78, 5) is 4.36. The summed E-state index contributed by atoms with van der Waals surface area (Å²) in [5.74, 6) is 2.23. The summed E-state index contributed by atoms with van der Waals surface area (Å²) in [6.07, 6.45) is 0. The van der Waals surface area contributed by atoms with Gasteiger partial charge in [0.15, 0.2) is 11.5 Å². The second-order valence-electron chi connectivity index (χ2n) is 5.29. The van der Waals surface area contributed by atoms with Gasteiger partial charge in [-0.05, 0) is 30.7 Å². The van der Waals surface area contributed by atoms with E-state index in [1.165, 1.54) is 0 Å². The van der Waals surface area contributed by atoms with Crippen molar-refractivity contribution >= 4 is 0 Å². The molecule has 2 aromatic carbocycles. The quantitative estimate of drug-likeness (QED) is 0.620. The fourth-order valence-corrected chi connectivity index (χ4v) is 2.34. The van der Waals surface area contributed by atoms with E-state index in [-0.39, 0.29) is 6.61 Å². The van der Waals surface area contributed by atoms with Crippen molar-refractivity contribution in [2.45, 2.75) is 20.1 Å². The third kappa shape index (κ3) is 4.36. The van der Waals surface area contributed by atoms with E-state index in [2.05, 4.69) is 10.1 Å². The number of methoxy groups -OCH3 is 1. The van der Waals surface area contributed by atoms with Crippen molar-refractivity contribution in [3.05, 3.63) is 60.0 Å². The lowest BCUT2D eigenvalue weighted by molar-refractivity contribution is 0.0850. The zero-order valence-electron chi connectivity index (χ0n) is 14.3. The number of aromatic nitrogens is 2. The smallest absolute Gasteiger partial charge is 0.252 e. The van der Waals surface area contributed by atoms with Crippen LogP contribution in [0.5, 0.6) is 11.5 Å². The fourth-order valence-electron chi connectivity index (χ4n) is 2.34. The summed E-state index contributed by atoms with van der Waals surface area (Å²) in [6.45, 7) is 3.25. The van der Waals surface area contributed by atoms with Crippen LogP contribution in [0.2, 0.25) is 0 Å². The molecule has 130 valence electrons. The Morgan fingerprint density at radius 2 is 1.84 bits per heavy atom. The number of rotatable bonds is 8. The van der Waals surface area contributed by atoms with Gasteiger partial charge in [0.2, 0.25) is 5.82 Å². The molecule has 0 aliphatic rings. The van der Waals surface area contributed by atoms with Gasteiger partial charge in [-0.25, -0.2) is 0 Å². The van der Waals surface area contributed by atoms with Crippen LogP contribution in [-0.4, -0.2) is 23.9 Å². The van der Waals surface area contributed by atoms with Gasteiger partial charge in [-0.3, -0.25) is 0 Å². The molecule has 0 saturated heterocycles. The van der Waals surface area contributed by atoms with Gasteiger partial charge in [0.05, 0.1) is 20.3 Å². The van der Waals surface area contributed by atoms with Crippen LogP contribution in [0.3, 0.4) is 0 Å². The fraction of sp³-hybridized carbons (Fsp3) is 0.263. The SMILES string of the molecule is CCOc1ccc(-c2noc(COCc3ccccc3)n2)cc1OC. The first kappa shape index (κ1) is 17.0. The normalized spacial score (nSPS) is 10.6. The number of nitrogens with zero attached hydrogens (tertiary/aromatic N) is 2. The molecule has 0 fully saturated rings. The van der Waals surface area contributed by atoms with Gasteiger partial charge in [-0.2, -0.15) is 4.98 Å². The van der Waals surface area contributed by atoms with Crippen molar-refractivity contribution in [2.75, 3.05) is 13.7 Å². The zero-order valence-corrected chi connectivity index (χ0v) is 14.3. The average Bonchev–Trinajstić information content (AvgIpc) is 3.12. The monoisotopic (exact) mass is 340 g/mol. The molecule has 0 radical (unpaired) electrons. The first-order valence-corrected chi connectivity index (χ1v) is 8.05. The molecule has 0 spiro atoms. The maximum atomic E-state index is 5.61. The highest BCUT2D eigenvalue weighted by atomic mass is 16.5. The Morgan fingerprint density at radius 1 is 1.00 bits per heavy atom. The van der Waals surface area contributed by atoms with E-state index in [1.807, 2.05) is 55.5 Å². The van der Waals surface area contributed by atoms with Crippen LogP contribution in [-0.2, 0) is 18.0 Å². The molecule has 0 atom stereocenters. The first-order chi connectivity index (χ1) is 12.3. The van der Waals surface area contributed by atoms with Gasteiger partial charge in [-0.1, -0.05) is 35.5 Å². The maximum absolute atomic E-state index is 5.61. The van der Waals surface area contributed by atoms with Crippen molar-refractivity contribution in [3.8, 4) is 22.9 Å². The highest BCUT2D eigenvalue weighted by Crippen LogP contribution is 2.31. The lowest BCUT2D eigenvalue weighted by Crippen LogP contribution is -1.96. The molecule has 1 heterocycles. The van der Waals surface area contributed by atoms with E-state index in [0.717, 1.165) is 11.1 Å². The molecule has 0 bridgehead atoms. The molecule has 6 heteroatoms. The Hall–Kier alpha value is -2.86.